The number of nitrogens with zero attached hydrogens (tertiary/aromatic N) is 2. The maximum absolute atomic E-state index is 11.6. The number of carbonyl (C=O) groups excluding carboxylic acids is 1. The van der Waals surface area contributed by atoms with Crippen LogP contribution < -0.4 is 10.6 Å². The molecule has 9 nitrogen and oxygen atoms in total. The average molecular weight is 318 g/mol. The van der Waals surface area contributed by atoms with Crippen molar-refractivity contribution in [2.45, 2.75) is 19.0 Å². The molecule has 0 aromatic carbocycles. The highest BCUT2D eigenvalue weighted by Crippen LogP contribution is 1.98. The van der Waals surface area contributed by atoms with Gasteiger partial charge >= 0.3 is 12.0 Å². The van der Waals surface area contributed by atoms with Crippen molar-refractivity contribution in [1.29, 1.82) is 0 Å². The third-order valence-corrected chi connectivity index (χ3v) is 3.57. The van der Waals surface area contributed by atoms with E-state index in [-0.39, 0.29) is 18.7 Å². The Morgan fingerprint density at radius 2 is 2.14 bits per heavy atom. The molecule has 1 aromatic rings. The van der Waals surface area contributed by atoms with Gasteiger partial charge in [-0.2, -0.15) is 5.10 Å². The molecule has 0 spiro atoms. The van der Waals surface area contributed by atoms with Crippen molar-refractivity contribution in [2.24, 2.45) is 7.05 Å². The Balaban J connectivity index is 2.47. The average Bonchev–Trinajstić information content (AvgIpc) is 2.76. The van der Waals surface area contributed by atoms with Crippen LogP contribution in [0.3, 0.4) is 0 Å². The largest absolute Gasteiger partial charge is 0.480 e. The third kappa shape index (κ3) is 6.75. The van der Waals surface area contributed by atoms with E-state index in [2.05, 4.69) is 15.7 Å². The summed E-state index contributed by atoms with van der Waals surface area (Å²) in [6.45, 7) is 0.193. The standard InChI is InChI=1S/C11H18N4O5S/c1-15-7-8(6-13-15)5-12-11(18)14-9(10(16)17)3-4-21(2,19)20/h6-7,9H,3-5H2,1-2H3,(H,16,17)(H2,12,14,18). The predicted octanol–water partition coefficient (Wildman–Crippen LogP) is -0.893. The highest BCUT2D eigenvalue weighted by atomic mass is 32.2. The van der Waals surface area contributed by atoms with Gasteiger partial charge in [-0.3, -0.25) is 4.68 Å². The summed E-state index contributed by atoms with van der Waals surface area (Å²) in [5, 5.41) is 17.6. The van der Waals surface area contributed by atoms with Crippen molar-refractivity contribution in [3.8, 4) is 0 Å². The fourth-order valence-corrected chi connectivity index (χ4v) is 2.21. The molecule has 118 valence electrons. The maximum atomic E-state index is 11.6. The van der Waals surface area contributed by atoms with Crippen molar-refractivity contribution in [2.75, 3.05) is 12.0 Å². The normalized spacial score (nSPS) is 12.7. The molecule has 21 heavy (non-hydrogen) atoms. The van der Waals surface area contributed by atoms with Crippen molar-refractivity contribution in [1.82, 2.24) is 20.4 Å². The molecule has 0 saturated carbocycles. The van der Waals surface area contributed by atoms with Gasteiger partial charge in [0.05, 0.1) is 11.9 Å². The molecule has 0 saturated heterocycles. The van der Waals surface area contributed by atoms with Crippen molar-refractivity contribution in [3.63, 3.8) is 0 Å². The predicted molar refractivity (Wildman–Crippen MR) is 74.3 cm³/mol. The van der Waals surface area contributed by atoms with Crippen LogP contribution in [0.15, 0.2) is 12.4 Å². The lowest BCUT2D eigenvalue weighted by atomic mass is 10.2. The summed E-state index contributed by atoms with van der Waals surface area (Å²) in [5.74, 6) is -1.59. The number of sulfone groups is 1. The zero-order valence-corrected chi connectivity index (χ0v) is 12.6. The number of urea groups is 1. The summed E-state index contributed by atoms with van der Waals surface area (Å²) >= 11 is 0. The second-order valence-corrected chi connectivity index (χ2v) is 6.92. The van der Waals surface area contributed by atoms with Crippen LogP contribution in [-0.2, 0) is 28.2 Å². The van der Waals surface area contributed by atoms with E-state index in [0.717, 1.165) is 11.8 Å². The molecule has 1 rings (SSSR count). The fraction of sp³-hybridized carbons (Fsp3) is 0.545. The topological polar surface area (TPSA) is 130 Å². The highest BCUT2D eigenvalue weighted by molar-refractivity contribution is 7.90. The number of hydrogen-bond donors (Lipinski definition) is 3. The molecule has 1 heterocycles. The Morgan fingerprint density at radius 1 is 1.48 bits per heavy atom. The summed E-state index contributed by atoms with van der Waals surface area (Å²) < 4.78 is 23.6. The molecular weight excluding hydrogens is 300 g/mol. The van der Waals surface area contributed by atoms with E-state index in [1.54, 1.807) is 24.1 Å². The Kier molecular flexibility index (Phi) is 5.70. The van der Waals surface area contributed by atoms with Crippen LogP contribution in [0.2, 0.25) is 0 Å². The molecule has 3 N–H and O–H groups in total. The summed E-state index contributed by atoms with van der Waals surface area (Å²) in [6, 6.07) is -1.94. The van der Waals surface area contributed by atoms with Gasteiger partial charge < -0.3 is 15.7 Å². The van der Waals surface area contributed by atoms with Gasteiger partial charge in [0, 0.05) is 31.6 Å². The van der Waals surface area contributed by atoms with Crippen LogP contribution in [0.5, 0.6) is 0 Å². The van der Waals surface area contributed by atoms with Crippen LogP contribution in [-0.4, -0.2) is 53.4 Å². The maximum Gasteiger partial charge on any atom is 0.326 e. The molecule has 0 aliphatic heterocycles. The van der Waals surface area contributed by atoms with E-state index in [9.17, 15) is 18.0 Å². The van der Waals surface area contributed by atoms with Crippen LogP contribution in [0.1, 0.15) is 12.0 Å². The van der Waals surface area contributed by atoms with Gasteiger partial charge in [0.15, 0.2) is 0 Å². The third-order valence-electron chi connectivity index (χ3n) is 2.59. The SMILES string of the molecule is Cn1cc(CNC(=O)NC(CCS(C)(=O)=O)C(=O)O)cn1. The van der Waals surface area contributed by atoms with Crippen molar-refractivity contribution in [3.05, 3.63) is 18.0 Å². The molecule has 1 aromatic heterocycles. The molecule has 0 fully saturated rings. The highest BCUT2D eigenvalue weighted by Gasteiger charge is 2.21. The Hall–Kier alpha value is -2.10. The molecule has 0 aliphatic carbocycles. The van der Waals surface area contributed by atoms with Crippen molar-refractivity contribution >= 4 is 21.8 Å². The summed E-state index contributed by atoms with van der Waals surface area (Å²) in [7, 11) is -1.56. The van der Waals surface area contributed by atoms with E-state index >= 15 is 0 Å². The van der Waals surface area contributed by atoms with Gasteiger partial charge in [-0.25, -0.2) is 18.0 Å². The number of rotatable bonds is 7. The quantitative estimate of drug-likeness (QED) is 0.597. The first-order valence-electron chi connectivity index (χ1n) is 6.10. The lowest BCUT2D eigenvalue weighted by molar-refractivity contribution is -0.139. The van der Waals surface area contributed by atoms with E-state index in [0.29, 0.717) is 0 Å². The molecule has 2 amide bonds. The minimum absolute atomic E-state index is 0.186. The van der Waals surface area contributed by atoms with Gasteiger partial charge in [0.1, 0.15) is 15.9 Å². The van der Waals surface area contributed by atoms with Gasteiger partial charge in [0.2, 0.25) is 0 Å². The molecule has 1 unspecified atom stereocenters. The van der Waals surface area contributed by atoms with Crippen LogP contribution >= 0.6 is 0 Å². The van der Waals surface area contributed by atoms with E-state index in [4.69, 9.17) is 5.11 Å². The van der Waals surface area contributed by atoms with Gasteiger partial charge in [-0.15, -0.1) is 0 Å². The van der Waals surface area contributed by atoms with Gasteiger partial charge in [-0.1, -0.05) is 0 Å². The number of carboxylic acids is 1. The number of nitrogens with one attached hydrogen (secondary N) is 2. The number of carboxylic acid groups (broad SMARTS) is 1. The van der Waals surface area contributed by atoms with E-state index in [1.807, 2.05) is 0 Å². The summed E-state index contributed by atoms with van der Waals surface area (Å²) in [6.07, 6.45) is 4.10. The molecule has 0 aliphatic rings. The second-order valence-electron chi connectivity index (χ2n) is 4.66. The van der Waals surface area contributed by atoms with E-state index in [1.165, 1.54) is 0 Å². The Labute approximate surface area is 122 Å². The van der Waals surface area contributed by atoms with Crippen LogP contribution in [0.4, 0.5) is 4.79 Å². The number of carbonyl (C=O) groups is 2. The zero-order chi connectivity index (χ0) is 16.0. The minimum Gasteiger partial charge on any atom is -0.480 e. The molecule has 0 bridgehead atoms. The number of amides is 2. The molecule has 10 heteroatoms. The second kappa shape index (κ2) is 7.07. The fourth-order valence-electron chi connectivity index (χ4n) is 1.54. The molecular formula is C11H18N4O5S. The Bertz CT molecular complexity index is 610. The molecule has 1 atom stereocenters. The minimum atomic E-state index is -3.29. The summed E-state index contributed by atoms with van der Waals surface area (Å²) in [4.78, 5) is 22.6. The lowest BCUT2D eigenvalue weighted by Crippen LogP contribution is -2.46. The lowest BCUT2D eigenvalue weighted by Gasteiger charge is -2.14. The molecule has 0 radical (unpaired) electrons. The van der Waals surface area contributed by atoms with E-state index < -0.39 is 27.9 Å². The number of aliphatic carboxylic acids is 1. The first kappa shape index (κ1) is 17.0. The smallest absolute Gasteiger partial charge is 0.326 e. The van der Waals surface area contributed by atoms with Crippen LogP contribution in [0, 0.1) is 0 Å². The van der Waals surface area contributed by atoms with Crippen LogP contribution in [0.25, 0.3) is 0 Å². The number of aromatic nitrogens is 2. The number of aryl methyl sites for hydroxylation is 1. The summed E-state index contributed by atoms with van der Waals surface area (Å²) in [5.41, 5.74) is 0.760. The number of hydrogen-bond acceptors (Lipinski definition) is 5. The van der Waals surface area contributed by atoms with Gasteiger partial charge in [-0.05, 0) is 6.42 Å². The first-order chi connectivity index (χ1) is 9.67. The Morgan fingerprint density at radius 3 is 2.62 bits per heavy atom. The monoisotopic (exact) mass is 318 g/mol. The van der Waals surface area contributed by atoms with Gasteiger partial charge in [0.25, 0.3) is 0 Å². The van der Waals surface area contributed by atoms with Crippen molar-refractivity contribution < 1.29 is 23.1 Å². The zero-order valence-electron chi connectivity index (χ0n) is 11.7. The first-order valence-corrected chi connectivity index (χ1v) is 8.16.